The van der Waals surface area contributed by atoms with Gasteiger partial charge in [-0.25, -0.2) is 0 Å². The zero-order chi connectivity index (χ0) is 7.07. The molecule has 1 aliphatic rings. The smallest absolute Gasteiger partial charge is 0.0742 e. The van der Waals surface area contributed by atoms with Crippen LogP contribution in [0.3, 0.4) is 0 Å². The van der Waals surface area contributed by atoms with Gasteiger partial charge in [0.05, 0.1) is 13.1 Å². The van der Waals surface area contributed by atoms with E-state index in [1.54, 1.807) is 24.8 Å². The molecule has 0 fully saturated rings. The Morgan fingerprint density at radius 2 is 1.80 bits per heavy atom. The van der Waals surface area contributed by atoms with Crippen LogP contribution in [0, 0.1) is 0 Å². The number of hydrogen-bond donors (Lipinski definition) is 0. The summed E-state index contributed by atoms with van der Waals surface area (Å²) in [5.74, 6) is 0. The average molecular weight is 135 g/mol. The summed E-state index contributed by atoms with van der Waals surface area (Å²) in [7, 11) is 0. The maximum Gasteiger partial charge on any atom is 0.0742 e. The summed E-state index contributed by atoms with van der Waals surface area (Å²) in [5, 5.41) is 0. The van der Waals surface area contributed by atoms with E-state index < -0.39 is 0 Å². The van der Waals surface area contributed by atoms with Crippen molar-refractivity contribution in [1.82, 2.24) is 0 Å². The van der Waals surface area contributed by atoms with Crippen molar-refractivity contribution in [2.24, 2.45) is 15.0 Å². The van der Waals surface area contributed by atoms with Crippen LogP contribution in [0.5, 0.6) is 0 Å². The Morgan fingerprint density at radius 1 is 1.00 bits per heavy atom. The van der Waals surface area contributed by atoms with Crippen LogP contribution in [0.2, 0.25) is 0 Å². The molecule has 3 nitrogen and oxygen atoms in total. The maximum atomic E-state index is 4.00. The van der Waals surface area contributed by atoms with E-state index in [4.69, 9.17) is 0 Å². The van der Waals surface area contributed by atoms with Crippen molar-refractivity contribution < 1.29 is 0 Å². The van der Waals surface area contributed by atoms with Gasteiger partial charge >= 0.3 is 0 Å². The predicted octanol–water partition coefficient (Wildman–Crippen LogP) is 0.726. The van der Waals surface area contributed by atoms with Crippen LogP contribution >= 0.6 is 0 Å². The normalized spacial score (nSPS) is 30.4. The van der Waals surface area contributed by atoms with Crippen LogP contribution in [0.15, 0.2) is 27.3 Å². The molecule has 3 heteroatoms. The van der Waals surface area contributed by atoms with E-state index in [0.717, 1.165) is 0 Å². The Balaban J connectivity index is 2.50. The topological polar surface area (TPSA) is 37.1 Å². The highest BCUT2D eigenvalue weighted by Crippen LogP contribution is 1.77. The molecule has 0 N–H and O–H groups in total. The maximum absolute atomic E-state index is 4.00. The van der Waals surface area contributed by atoms with Crippen molar-refractivity contribution >= 4 is 18.6 Å². The van der Waals surface area contributed by atoms with E-state index in [1.807, 2.05) is 6.08 Å². The minimum atomic E-state index is 0.635. The lowest BCUT2D eigenvalue weighted by Crippen LogP contribution is -1.86. The summed E-state index contributed by atoms with van der Waals surface area (Å²) in [4.78, 5) is 11.9. The molecule has 1 aliphatic heterocycles. The molecule has 0 saturated carbocycles. The molecule has 1 rings (SSSR count). The van der Waals surface area contributed by atoms with Crippen molar-refractivity contribution in [2.75, 3.05) is 13.1 Å². The summed E-state index contributed by atoms with van der Waals surface area (Å²) >= 11 is 0. The van der Waals surface area contributed by atoms with E-state index in [0.29, 0.717) is 13.1 Å². The molecule has 0 spiro atoms. The molecule has 0 radical (unpaired) electrons. The van der Waals surface area contributed by atoms with Gasteiger partial charge in [0.15, 0.2) is 0 Å². The third-order valence-corrected chi connectivity index (χ3v) is 0.972. The predicted molar refractivity (Wildman–Crippen MR) is 44.4 cm³/mol. The molecule has 0 aromatic carbocycles. The highest BCUT2D eigenvalue weighted by molar-refractivity contribution is 6.16. The molecule has 0 aromatic rings. The number of hydrogen-bond acceptors (Lipinski definition) is 3. The first-order valence-electron chi connectivity index (χ1n) is 3.15. The van der Waals surface area contributed by atoms with Gasteiger partial charge in [-0.1, -0.05) is 0 Å². The molecular weight excluding hydrogens is 126 g/mol. The molecule has 0 aromatic heterocycles. The quantitative estimate of drug-likeness (QED) is 0.469. The zero-order valence-corrected chi connectivity index (χ0v) is 5.64. The molecule has 0 amide bonds. The van der Waals surface area contributed by atoms with Gasteiger partial charge < -0.3 is 0 Å². The van der Waals surface area contributed by atoms with Crippen LogP contribution < -0.4 is 0 Å². The SMILES string of the molecule is C1=C\N=C/C/N=C\C=N/C/1. The molecule has 0 bridgehead atoms. The highest BCUT2D eigenvalue weighted by Gasteiger charge is 1.73. The van der Waals surface area contributed by atoms with Gasteiger partial charge in [-0.2, -0.15) is 0 Å². The van der Waals surface area contributed by atoms with E-state index in [2.05, 4.69) is 15.0 Å². The highest BCUT2D eigenvalue weighted by atomic mass is 14.8. The fourth-order valence-electron chi connectivity index (χ4n) is 0.540. The van der Waals surface area contributed by atoms with Crippen LogP contribution in [0.4, 0.5) is 0 Å². The van der Waals surface area contributed by atoms with Crippen LogP contribution in [0.1, 0.15) is 0 Å². The van der Waals surface area contributed by atoms with E-state index in [1.165, 1.54) is 0 Å². The first kappa shape index (κ1) is 6.86. The van der Waals surface area contributed by atoms with Crippen LogP contribution in [0.25, 0.3) is 0 Å². The van der Waals surface area contributed by atoms with Crippen LogP contribution in [-0.2, 0) is 0 Å². The van der Waals surface area contributed by atoms with Crippen molar-refractivity contribution in [1.29, 1.82) is 0 Å². The molecule has 0 aliphatic carbocycles. The minimum absolute atomic E-state index is 0.635. The molecule has 0 saturated heterocycles. The van der Waals surface area contributed by atoms with Crippen molar-refractivity contribution in [2.45, 2.75) is 0 Å². The Morgan fingerprint density at radius 3 is 2.70 bits per heavy atom. The van der Waals surface area contributed by atoms with E-state index in [9.17, 15) is 0 Å². The summed E-state index contributed by atoms with van der Waals surface area (Å²) < 4.78 is 0. The largest absolute Gasteiger partial charge is 0.287 e. The third kappa shape index (κ3) is 2.91. The van der Waals surface area contributed by atoms with Crippen LogP contribution in [-0.4, -0.2) is 31.7 Å². The van der Waals surface area contributed by atoms with Gasteiger partial charge in [0.25, 0.3) is 0 Å². The average Bonchev–Trinajstić information content (AvgIpc) is 2.01. The summed E-state index contributed by atoms with van der Waals surface area (Å²) in [6, 6.07) is 0. The molecular formula is C7H9N3. The summed E-state index contributed by atoms with van der Waals surface area (Å²) in [6.07, 6.45) is 8.77. The van der Waals surface area contributed by atoms with E-state index in [-0.39, 0.29) is 0 Å². The van der Waals surface area contributed by atoms with Gasteiger partial charge in [-0.15, -0.1) is 0 Å². The lowest BCUT2D eigenvalue weighted by molar-refractivity contribution is 1.24. The fraction of sp³-hybridized carbons (Fsp3) is 0.286. The Kier molecular flexibility index (Phi) is 3.17. The molecule has 1 heterocycles. The number of nitrogens with zero attached hydrogens (tertiary/aromatic N) is 3. The third-order valence-electron chi connectivity index (χ3n) is 0.972. The monoisotopic (exact) mass is 135 g/mol. The minimum Gasteiger partial charge on any atom is -0.287 e. The molecule has 10 heavy (non-hydrogen) atoms. The number of rotatable bonds is 0. The lowest BCUT2D eigenvalue weighted by atomic mass is 10.6. The summed E-state index contributed by atoms with van der Waals surface area (Å²) in [6.45, 7) is 1.32. The Bertz CT molecular complexity index is 147. The molecule has 52 valence electrons. The van der Waals surface area contributed by atoms with Gasteiger partial charge in [0.1, 0.15) is 0 Å². The van der Waals surface area contributed by atoms with Gasteiger partial charge in [0, 0.05) is 24.8 Å². The Hall–Kier alpha value is -1.25. The van der Waals surface area contributed by atoms with Gasteiger partial charge in [-0.3, -0.25) is 15.0 Å². The summed E-state index contributed by atoms with van der Waals surface area (Å²) in [5.41, 5.74) is 0. The molecule has 0 unspecified atom stereocenters. The lowest BCUT2D eigenvalue weighted by Gasteiger charge is -1.84. The van der Waals surface area contributed by atoms with E-state index >= 15 is 0 Å². The first-order chi connectivity index (χ1) is 5.00. The Labute approximate surface area is 59.9 Å². The zero-order valence-electron chi connectivity index (χ0n) is 5.64. The first-order valence-corrected chi connectivity index (χ1v) is 3.15. The van der Waals surface area contributed by atoms with Gasteiger partial charge in [0.2, 0.25) is 0 Å². The van der Waals surface area contributed by atoms with Crippen molar-refractivity contribution in [3.05, 3.63) is 12.3 Å². The molecule has 0 atom stereocenters. The number of aliphatic imine (C=N–C) groups is 3. The van der Waals surface area contributed by atoms with Crippen molar-refractivity contribution in [3.63, 3.8) is 0 Å². The van der Waals surface area contributed by atoms with Crippen molar-refractivity contribution in [3.8, 4) is 0 Å². The van der Waals surface area contributed by atoms with Gasteiger partial charge in [-0.05, 0) is 6.08 Å². The second-order valence-electron chi connectivity index (χ2n) is 1.74. The fourth-order valence-corrected chi connectivity index (χ4v) is 0.540. The second kappa shape index (κ2) is 4.61. The standard InChI is InChI=1S/C7H9N3/c1-2-8-4-6-10-7-5-9-3-1/h1-2,4-5,7H,3,6H2/b2-1-,8-4-,9-5-,10-7-. The second-order valence-corrected chi connectivity index (χ2v) is 1.74.